The van der Waals surface area contributed by atoms with Crippen LogP contribution < -0.4 is 10.6 Å². The van der Waals surface area contributed by atoms with E-state index in [0.717, 1.165) is 36.6 Å². The molecule has 3 N–H and O–H groups in total. The van der Waals surface area contributed by atoms with Gasteiger partial charge in [-0.1, -0.05) is 12.8 Å². The molecule has 0 radical (unpaired) electrons. The fourth-order valence-electron chi connectivity index (χ4n) is 4.06. The lowest BCUT2D eigenvalue weighted by Crippen LogP contribution is -2.40. The zero-order valence-corrected chi connectivity index (χ0v) is 18.6. The summed E-state index contributed by atoms with van der Waals surface area (Å²) in [6, 6.07) is 2.10. The van der Waals surface area contributed by atoms with Crippen molar-refractivity contribution in [3.05, 3.63) is 30.2 Å². The number of carbonyl (C=O) groups is 1. The van der Waals surface area contributed by atoms with Crippen molar-refractivity contribution in [2.24, 2.45) is 0 Å². The number of anilines is 3. The molecule has 1 saturated carbocycles. The van der Waals surface area contributed by atoms with Gasteiger partial charge in [0, 0.05) is 29.9 Å². The zero-order chi connectivity index (χ0) is 22.7. The molecule has 0 aliphatic heterocycles. The quantitative estimate of drug-likeness (QED) is 0.452. The van der Waals surface area contributed by atoms with Gasteiger partial charge in [0.2, 0.25) is 5.95 Å². The first kappa shape index (κ1) is 21.9. The van der Waals surface area contributed by atoms with E-state index in [1.54, 1.807) is 19.3 Å². The Hall–Kier alpha value is -3.27. The molecule has 1 fully saturated rings. The number of hydrogen-bond donors (Lipinski definition) is 3. The van der Waals surface area contributed by atoms with Crippen molar-refractivity contribution in [1.82, 2.24) is 24.7 Å². The molecule has 0 saturated heterocycles. The number of fused-ring (bicyclic) bond motifs is 1. The van der Waals surface area contributed by atoms with E-state index in [2.05, 4.69) is 44.5 Å². The molecular weight excluding hydrogens is 410 g/mol. The topological polar surface area (TPSA) is 127 Å². The largest absolute Gasteiger partial charge is 0.462 e. The van der Waals surface area contributed by atoms with Crippen LogP contribution in [0.5, 0.6) is 0 Å². The molecule has 0 unspecified atom stereocenters. The summed E-state index contributed by atoms with van der Waals surface area (Å²) in [5.41, 5.74) is 0.677. The molecule has 3 heterocycles. The molecule has 32 heavy (non-hydrogen) atoms. The predicted molar refractivity (Wildman–Crippen MR) is 121 cm³/mol. The van der Waals surface area contributed by atoms with Gasteiger partial charge in [-0.3, -0.25) is 4.68 Å². The minimum Gasteiger partial charge on any atom is -0.462 e. The third kappa shape index (κ3) is 4.36. The first-order valence-corrected chi connectivity index (χ1v) is 11.0. The third-order valence-corrected chi connectivity index (χ3v) is 5.74. The molecule has 1 aliphatic rings. The van der Waals surface area contributed by atoms with Crippen LogP contribution in [0, 0.1) is 0 Å². The number of rotatable bonds is 8. The highest BCUT2D eigenvalue weighted by atomic mass is 16.5. The maximum absolute atomic E-state index is 12.5. The van der Waals surface area contributed by atoms with Gasteiger partial charge in [-0.2, -0.15) is 10.1 Å². The maximum Gasteiger partial charge on any atom is 0.343 e. The SMILES string of the molecule is CCOC(=O)c1cnc(Nc2cc3c(cn2)cnn3C(C)C)nc1NC1(CO)CCCC1. The molecule has 0 aromatic carbocycles. The predicted octanol–water partition coefficient (Wildman–Crippen LogP) is 3.44. The number of hydrogen-bond acceptors (Lipinski definition) is 9. The molecule has 10 heteroatoms. The van der Waals surface area contributed by atoms with Crippen LogP contribution in [-0.4, -0.2) is 54.6 Å². The summed E-state index contributed by atoms with van der Waals surface area (Å²) < 4.78 is 7.09. The van der Waals surface area contributed by atoms with E-state index in [1.165, 1.54) is 6.20 Å². The molecule has 3 aromatic rings. The molecule has 170 valence electrons. The molecule has 10 nitrogen and oxygen atoms in total. The zero-order valence-electron chi connectivity index (χ0n) is 18.6. The summed E-state index contributed by atoms with van der Waals surface area (Å²) >= 11 is 0. The molecule has 0 atom stereocenters. The first-order valence-electron chi connectivity index (χ1n) is 11.0. The second kappa shape index (κ2) is 9.07. The lowest BCUT2D eigenvalue weighted by molar-refractivity contribution is 0.0526. The van der Waals surface area contributed by atoms with Crippen LogP contribution in [0.25, 0.3) is 10.9 Å². The minimum absolute atomic E-state index is 0.0422. The second-order valence-electron chi connectivity index (χ2n) is 8.38. The van der Waals surface area contributed by atoms with Crippen molar-refractivity contribution in [2.45, 2.75) is 58.0 Å². The number of nitrogens with zero attached hydrogens (tertiary/aromatic N) is 5. The van der Waals surface area contributed by atoms with E-state index < -0.39 is 11.5 Å². The van der Waals surface area contributed by atoms with Gasteiger partial charge < -0.3 is 20.5 Å². The highest BCUT2D eigenvalue weighted by molar-refractivity contribution is 5.94. The van der Waals surface area contributed by atoms with Crippen LogP contribution in [0.2, 0.25) is 0 Å². The van der Waals surface area contributed by atoms with Gasteiger partial charge in [0.15, 0.2) is 0 Å². The van der Waals surface area contributed by atoms with Crippen molar-refractivity contribution in [3.63, 3.8) is 0 Å². The highest BCUT2D eigenvalue weighted by Crippen LogP contribution is 2.33. The number of aromatic nitrogens is 5. The van der Waals surface area contributed by atoms with Crippen LogP contribution in [0.15, 0.2) is 24.7 Å². The van der Waals surface area contributed by atoms with Crippen LogP contribution in [0.4, 0.5) is 17.6 Å². The summed E-state index contributed by atoms with van der Waals surface area (Å²) in [6.07, 6.45) is 8.58. The maximum atomic E-state index is 12.5. The number of ether oxygens (including phenoxy) is 1. The monoisotopic (exact) mass is 439 g/mol. The van der Waals surface area contributed by atoms with Gasteiger partial charge in [-0.15, -0.1) is 0 Å². The lowest BCUT2D eigenvalue weighted by atomic mass is 9.98. The third-order valence-electron chi connectivity index (χ3n) is 5.74. The van der Waals surface area contributed by atoms with E-state index in [-0.39, 0.29) is 30.8 Å². The van der Waals surface area contributed by atoms with Crippen LogP contribution in [0.3, 0.4) is 0 Å². The first-order chi connectivity index (χ1) is 15.4. The number of aliphatic hydroxyl groups is 1. The summed E-state index contributed by atoms with van der Waals surface area (Å²) in [7, 11) is 0. The molecule has 3 aromatic heterocycles. The smallest absolute Gasteiger partial charge is 0.343 e. The fourth-order valence-corrected chi connectivity index (χ4v) is 4.06. The van der Waals surface area contributed by atoms with E-state index in [4.69, 9.17) is 4.74 Å². The van der Waals surface area contributed by atoms with Crippen molar-refractivity contribution in [2.75, 3.05) is 23.8 Å². The average molecular weight is 440 g/mol. The Kier molecular flexibility index (Phi) is 6.22. The van der Waals surface area contributed by atoms with Crippen LogP contribution >= 0.6 is 0 Å². The van der Waals surface area contributed by atoms with Gasteiger partial charge in [0.1, 0.15) is 17.2 Å². The fraction of sp³-hybridized carbons (Fsp3) is 0.500. The molecule has 0 amide bonds. The Morgan fingerprint density at radius 1 is 1.25 bits per heavy atom. The molecule has 1 aliphatic carbocycles. The Morgan fingerprint density at radius 3 is 2.72 bits per heavy atom. The number of carbonyl (C=O) groups excluding carboxylic acids is 1. The van der Waals surface area contributed by atoms with Gasteiger partial charge >= 0.3 is 5.97 Å². The Labute approximate surface area is 186 Å². The highest BCUT2D eigenvalue weighted by Gasteiger charge is 2.35. The van der Waals surface area contributed by atoms with Gasteiger partial charge in [-0.25, -0.2) is 14.8 Å². The Morgan fingerprint density at radius 2 is 2.03 bits per heavy atom. The van der Waals surface area contributed by atoms with E-state index in [0.29, 0.717) is 11.6 Å². The van der Waals surface area contributed by atoms with E-state index in [9.17, 15) is 9.90 Å². The molecular formula is C22H29N7O3. The van der Waals surface area contributed by atoms with Crippen molar-refractivity contribution >= 4 is 34.5 Å². The lowest BCUT2D eigenvalue weighted by Gasteiger charge is -2.29. The molecule has 4 rings (SSSR count). The summed E-state index contributed by atoms with van der Waals surface area (Å²) in [6.45, 7) is 6.08. The molecule has 0 bridgehead atoms. The van der Waals surface area contributed by atoms with Crippen molar-refractivity contribution in [3.8, 4) is 0 Å². The number of esters is 1. The number of nitrogens with one attached hydrogen (secondary N) is 2. The number of pyridine rings is 1. The van der Waals surface area contributed by atoms with Crippen molar-refractivity contribution < 1.29 is 14.6 Å². The Balaban J connectivity index is 1.66. The summed E-state index contributed by atoms with van der Waals surface area (Å²) in [5, 5.41) is 21.8. The van der Waals surface area contributed by atoms with E-state index >= 15 is 0 Å². The standard InChI is InChI=1S/C22H29N7O3/c1-4-32-20(31)16-12-24-21(27-19(16)28-22(13-30)7-5-6-8-22)26-18-9-17-15(10-23-18)11-25-29(17)14(2)3/h9-12,14,30H,4-8,13H2,1-3H3,(H2,23,24,26,27,28). The molecule has 0 spiro atoms. The number of aliphatic hydroxyl groups excluding tert-OH is 1. The van der Waals surface area contributed by atoms with Crippen LogP contribution in [-0.2, 0) is 4.74 Å². The average Bonchev–Trinajstić information content (AvgIpc) is 3.41. The van der Waals surface area contributed by atoms with Crippen molar-refractivity contribution in [1.29, 1.82) is 0 Å². The van der Waals surface area contributed by atoms with Gasteiger partial charge in [0.25, 0.3) is 0 Å². The normalized spacial score (nSPS) is 15.3. The Bertz CT molecular complexity index is 1110. The van der Waals surface area contributed by atoms with Gasteiger partial charge in [-0.05, 0) is 33.6 Å². The second-order valence-corrected chi connectivity index (χ2v) is 8.38. The van der Waals surface area contributed by atoms with Crippen LogP contribution in [0.1, 0.15) is 62.9 Å². The summed E-state index contributed by atoms with van der Waals surface area (Å²) in [5.74, 6) is 0.680. The summed E-state index contributed by atoms with van der Waals surface area (Å²) in [4.78, 5) is 25.7. The van der Waals surface area contributed by atoms with E-state index in [1.807, 2.05) is 10.7 Å². The van der Waals surface area contributed by atoms with Gasteiger partial charge in [0.05, 0.1) is 30.5 Å². The minimum atomic E-state index is -0.506.